The molecule has 0 aliphatic carbocycles. The van der Waals surface area contributed by atoms with E-state index in [0.29, 0.717) is 4.90 Å². The van der Waals surface area contributed by atoms with Gasteiger partial charge in [-0.25, -0.2) is 0 Å². The highest BCUT2D eigenvalue weighted by Gasteiger charge is 2.35. The van der Waals surface area contributed by atoms with Crippen molar-refractivity contribution in [3.8, 4) is 0 Å². The molecule has 1 aromatic rings. The van der Waals surface area contributed by atoms with Gasteiger partial charge in [0.05, 0.1) is 0 Å². The summed E-state index contributed by atoms with van der Waals surface area (Å²) in [5, 5.41) is 10.7. The van der Waals surface area contributed by atoms with Crippen LogP contribution in [0.1, 0.15) is 16.7 Å². The van der Waals surface area contributed by atoms with Crippen LogP contribution in [-0.2, 0) is 9.07 Å². The van der Waals surface area contributed by atoms with Gasteiger partial charge >= 0.3 is 0 Å². The van der Waals surface area contributed by atoms with Gasteiger partial charge in [0.2, 0.25) is 0 Å². The fourth-order valence-electron chi connectivity index (χ4n) is 2.00. The minimum Gasteiger partial charge on any atom is -0.272 e. The Morgan fingerprint density at radius 1 is 1.18 bits per heavy atom. The van der Waals surface area contributed by atoms with Gasteiger partial charge in [-0.05, 0) is 52.6 Å². The highest BCUT2D eigenvalue weighted by molar-refractivity contribution is 8.18. The number of hydrogen-bond donors (Lipinski definition) is 0. The minimum atomic E-state index is -3.40. The molecule has 0 N–H and O–H groups in total. The van der Waals surface area contributed by atoms with Gasteiger partial charge in [0, 0.05) is 22.3 Å². The second kappa shape index (κ2) is 3.91. The lowest BCUT2D eigenvalue weighted by molar-refractivity contribution is -0.459. The number of rotatable bonds is 3. The molecule has 0 saturated heterocycles. The zero-order chi connectivity index (χ0) is 13.5. The maximum atomic E-state index is 12.8. The summed E-state index contributed by atoms with van der Waals surface area (Å²) in [6.07, 6.45) is 2.99. The van der Waals surface area contributed by atoms with Crippen molar-refractivity contribution in [1.29, 1.82) is 0 Å². The number of aryl methyl sites for hydroxylation is 1. The first-order valence-corrected chi connectivity index (χ1v) is 8.27. The molecule has 0 unspecified atom stereocenters. The lowest BCUT2D eigenvalue weighted by Gasteiger charge is -2.32. The molecule has 0 heterocycles. The van der Waals surface area contributed by atoms with Gasteiger partial charge < -0.3 is 0 Å². The maximum absolute atomic E-state index is 12.8. The Labute approximate surface area is 102 Å². The second-order valence-electron chi connectivity index (χ2n) is 5.17. The molecular formula is C12H19NO3S. The second-order valence-corrected chi connectivity index (χ2v) is 10.0. The van der Waals surface area contributed by atoms with Gasteiger partial charge in [0.25, 0.3) is 5.88 Å². The summed E-state index contributed by atoms with van der Waals surface area (Å²) in [7, 11) is -3.40. The summed E-state index contributed by atoms with van der Waals surface area (Å²) in [4.78, 5) is 10.8. The van der Waals surface area contributed by atoms with E-state index in [2.05, 4.69) is 0 Å². The summed E-state index contributed by atoms with van der Waals surface area (Å²) < 4.78 is 12.8. The molecule has 0 atom stereocenters. The molecule has 0 aromatic heterocycles. The topological polar surface area (TPSA) is 60.2 Å². The zero-order valence-corrected chi connectivity index (χ0v) is 11.8. The quantitative estimate of drug-likeness (QED) is 0.616. The van der Waals surface area contributed by atoms with Crippen molar-refractivity contribution in [1.82, 2.24) is 0 Å². The van der Waals surface area contributed by atoms with E-state index in [1.807, 2.05) is 26.8 Å². The van der Waals surface area contributed by atoms with Crippen LogP contribution in [0.3, 0.4) is 0 Å². The van der Waals surface area contributed by atoms with Crippen molar-refractivity contribution >= 4 is 9.07 Å². The lowest BCUT2D eigenvalue weighted by atomic mass is 10.1. The first-order chi connectivity index (χ1) is 7.53. The third-order valence-corrected chi connectivity index (χ3v) is 5.95. The first-order valence-electron chi connectivity index (χ1n) is 5.32. The molecule has 0 radical (unpaired) electrons. The zero-order valence-electron chi connectivity index (χ0n) is 10.9. The highest BCUT2D eigenvalue weighted by Crippen LogP contribution is 2.34. The molecule has 0 aliphatic rings. The predicted molar refractivity (Wildman–Crippen MR) is 70.8 cm³/mol. The Balaban J connectivity index is 3.49. The summed E-state index contributed by atoms with van der Waals surface area (Å²) >= 11 is 0. The molecule has 1 rings (SSSR count). The van der Waals surface area contributed by atoms with Gasteiger partial charge in [-0.1, -0.05) is 6.07 Å². The molecule has 0 bridgehead atoms. The molecule has 0 saturated carbocycles. The van der Waals surface area contributed by atoms with Crippen LogP contribution in [0.15, 0.2) is 17.0 Å². The average molecular weight is 257 g/mol. The third kappa shape index (κ3) is 2.72. The average Bonchev–Trinajstić information content (AvgIpc) is 2.10. The van der Waals surface area contributed by atoms with Crippen molar-refractivity contribution in [3.05, 3.63) is 38.9 Å². The van der Waals surface area contributed by atoms with E-state index in [-0.39, 0.29) is 0 Å². The van der Waals surface area contributed by atoms with Crippen LogP contribution in [0.2, 0.25) is 0 Å². The highest BCUT2D eigenvalue weighted by atomic mass is 32.3. The van der Waals surface area contributed by atoms with Crippen LogP contribution >= 0.6 is 0 Å². The van der Waals surface area contributed by atoms with Crippen LogP contribution in [0.25, 0.3) is 0 Å². The van der Waals surface area contributed by atoms with E-state index in [4.69, 9.17) is 0 Å². The molecule has 0 aliphatic heterocycles. The fraction of sp³-hybridized carbons (Fsp3) is 0.500. The van der Waals surface area contributed by atoms with Crippen LogP contribution in [0.5, 0.6) is 0 Å². The molecule has 0 amide bonds. The summed E-state index contributed by atoms with van der Waals surface area (Å²) in [6.45, 7) is 5.80. The summed E-state index contributed by atoms with van der Waals surface area (Å²) in [5.74, 6) is -0.513. The first kappa shape index (κ1) is 13.8. The van der Waals surface area contributed by atoms with Crippen molar-refractivity contribution < 1.29 is 9.13 Å². The van der Waals surface area contributed by atoms with Crippen molar-refractivity contribution in [2.45, 2.75) is 25.7 Å². The molecular weight excluding hydrogens is 238 g/mol. The normalized spacial score (nSPS) is 14.1. The Morgan fingerprint density at radius 3 is 2.18 bits per heavy atom. The smallest absolute Gasteiger partial charge is 0.261 e. The number of benzene rings is 1. The molecule has 0 spiro atoms. The van der Waals surface area contributed by atoms with Crippen LogP contribution in [0.4, 0.5) is 0 Å². The van der Waals surface area contributed by atoms with Crippen LogP contribution in [0, 0.1) is 30.9 Å². The Kier molecular flexibility index (Phi) is 3.18. The Bertz CT molecular complexity index is 543. The molecule has 96 valence electrons. The molecule has 0 fully saturated rings. The van der Waals surface area contributed by atoms with E-state index in [0.717, 1.165) is 16.7 Å². The van der Waals surface area contributed by atoms with E-state index >= 15 is 0 Å². The van der Waals surface area contributed by atoms with Gasteiger partial charge in [0.15, 0.2) is 0 Å². The molecule has 4 nitrogen and oxygen atoms in total. The number of nitro groups is 1. The van der Waals surface area contributed by atoms with Crippen molar-refractivity contribution in [2.75, 3.05) is 18.4 Å². The monoisotopic (exact) mass is 257 g/mol. The standard InChI is InChI=1S/C12H19NO3S/c1-9-6-7-12(11(3)10(9)2)17(4,5,16)8-13(14)15/h6-7H,8H2,1-5H3. The van der Waals surface area contributed by atoms with Crippen molar-refractivity contribution in [2.24, 2.45) is 0 Å². The largest absolute Gasteiger partial charge is 0.272 e. The maximum Gasteiger partial charge on any atom is 0.261 e. The summed E-state index contributed by atoms with van der Waals surface area (Å²) in [5.41, 5.74) is 3.05. The molecule has 17 heavy (non-hydrogen) atoms. The Hall–Kier alpha value is -1.23. The Morgan fingerprint density at radius 2 is 1.71 bits per heavy atom. The molecule has 5 heteroatoms. The van der Waals surface area contributed by atoms with E-state index < -0.39 is 19.9 Å². The SMILES string of the molecule is Cc1ccc(S(C)(C)(=O)C[N+](=O)[O-])c(C)c1C. The number of nitrogens with zero attached hydrogens (tertiary/aromatic N) is 1. The van der Waals surface area contributed by atoms with Crippen LogP contribution < -0.4 is 0 Å². The molecule has 1 aromatic carbocycles. The lowest BCUT2D eigenvalue weighted by Crippen LogP contribution is -2.38. The summed E-state index contributed by atoms with van der Waals surface area (Å²) in [6, 6.07) is 3.63. The fourth-order valence-corrected chi connectivity index (χ4v) is 4.35. The number of hydrogen-bond acceptors (Lipinski definition) is 3. The van der Waals surface area contributed by atoms with Gasteiger partial charge in [-0.3, -0.25) is 14.3 Å². The van der Waals surface area contributed by atoms with Gasteiger partial charge in [-0.2, -0.15) is 0 Å². The van der Waals surface area contributed by atoms with E-state index in [1.165, 1.54) is 12.5 Å². The van der Waals surface area contributed by atoms with Crippen molar-refractivity contribution in [3.63, 3.8) is 0 Å². The third-order valence-electron chi connectivity index (χ3n) is 3.17. The van der Waals surface area contributed by atoms with E-state index in [1.54, 1.807) is 6.07 Å². The van der Waals surface area contributed by atoms with Gasteiger partial charge in [-0.15, -0.1) is 0 Å². The minimum absolute atomic E-state index is 0.497. The van der Waals surface area contributed by atoms with Gasteiger partial charge in [0.1, 0.15) is 0 Å². The van der Waals surface area contributed by atoms with Crippen LogP contribution in [-0.4, -0.2) is 27.5 Å². The van der Waals surface area contributed by atoms with E-state index in [9.17, 15) is 14.3 Å². The predicted octanol–water partition coefficient (Wildman–Crippen LogP) is 2.28.